The summed E-state index contributed by atoms with van der Waals surface area (Å²) in [6, 6.07) is 4.21. The lowest BCUT2D eigenvalue weighted by atomic mass is 10.2. The number of hydrogen-bond donors (Lipinski definition) is 0. The predicted octanol–water partition coefficient (Wildman–Crippen LogP) is 5.27. The van der Waals surface area contributed by atoms with Gasteiger partial charge in [-0.1, -0.05) is 32.0 Å². The first-order valence-corrected chi connectivity index (χ1v) is 6.49. The molecule has 2 nitrogen and oxygen atoms in total. The molecule has 104 valence electrons. The van der Waals surface area contributed by atoms with Gasteiger partial charge >= 0.3 is 0 Å². The van der Waals surface area contributed by atoms with Crippen LogP contribution in [0.3, 0.4) is 0 Å². The van der Waals surface area contributed by atoms with Crippen molar-refractivity contribution in [1.82, 2.24) is 0 Å². The van der Waals surface area contributed by atoms with Crippen LogP contribution in [-0.4, -0.2) is 11.5 Å². The van der Waals surface area contributed by atoms with E-state index in [4.69, 9.17) is 11.6 Å². The van der Waals surface area contributed by atoms with Crippen molar-refractivity contribution in [2.24, 2.45) is 9.98 Å². The SMILES string of the molecule is C=C(C)N=C(N=C(C)C)c1cc(F)cc(Cl)c1.CC. The molecule has 0 aromatic heterocycles. The molecule has 0 amide bonds. The van der Waals surface area contributed by atoms with Crippen molar-refractivity contribution in [2.75, 3.05) is 0 Å². The summed E-state index contributed by atoms with van der Waals surface area (Å²) in [4.78, 5) is 8.43. The number of nitrogens with zero attached hydrogens (tertiary/aromatic N) is 2. The van der Waals surface area contributed by atoms with Crippen LogP contribution in [-0.2, 0) is 0 Å². The number of hydrogen-bond acceptors (Lipinski definition) is 1. The van der Waals surface area contributed by atoms with Crippen LogP contribution < -0.4 is 0 Å². The quantitative estimate of drug-likeness (QED) is 0.522. The second kappa shape index (κ2) is 8.59. The summed E-state index contributed by atoms with van der Waals surface area (Å²) in [5.41, 5.74) is 1.97. The number of aliphatic imine (C=N–C) groups is 2. The van der Waals surface area contributed by atoms with Crippen LogP contribution in [0.2, 0.25) is 5.02 Å². The molecule has 0 N–H and O–H groups in total. The highest BCUT2D eigenvalue weighted by Crippen LogP contribution is 2.16. The fourth-order valence-corrected chi connectivity index (χ4v) is 1.45. The van der Waals surface area contributed by atoms with E-state index in [1.54, 1.807) is 13.0 Å². The van der Waals surface area contributed by atoms with Gasteiger partial charge in [0.25, 0.3) is 0 Å². The molecule has 0 heterocycles. The van der Waals surface area contributed by atoms with Crippen molar-refractivity contribution in [3.05, 3.63) is 46.9 Å². The second-order valence-corrected chi connectivity index (χ2v) is 4.32. The van der Waals surface area contributed by atoms with E-state index >= 15 is 0 Å². The zero-order chi connectivity index (χ0) is 15.0. The molecule has 0 radical (unpaired) electrons. The number of rotatable bonds is 2. The first-order valence-electron chi connectivity index (χ1n) is 6.11. The molecule has 0 atom stereocenters. The van der Waals surface area contributed by atoms with Crippen molar-refractivity contribution in [3.8, 4) is 0 Å². The highest BCUT2D eigenvalue weighted by molar-refractivity contribution is 6.31. The van der Waals surface area contributed by atoms with Crippen LogP contribution in [0, 0.1) is 5.82 Å². The smallest absolute Gasteiger partial charge is 0.159 e. The Hall–Kier alpha value is -1.48. The Morgan fingerprint density at radius 3 is 2.11 bits per heavy atom. The number of halogens is 2. The molecule has 0 spiro atoms. The van der Waals surface area contributed by atoms with Gasteiger partial charge in [0.1, 0.15) is 5.82 Å². The zero-order valence-corrected chi connectivity index (χ0v) is 12.8. The van der Waals surface area contributed by atoms with Crippen molar-refractivity contribution < 1.29 is 4.39 Å². The first kappa shape index (κ1) is 17.5. The van der Waals surface area contributed by atoms with Crippen LogP contribution in [0.1, 0.15) is 40.2 Å². The molecule has 0 aliphatic heterocycles. The average Bonchev–Trinajstić information content (AvgIpc) is 2.28. The van der Waals surface area contributed by atoms with Gasteiger partial charge in [-0.2, -0.15) is 0 Å². The van der Waals surface area contributed by atoms with Gasteiger partial charge in [0.2, 0.25) is 0 Å². The lowest BCUT2D eigenvalue weighted by molar-refractivity contribution is 0.627. The Labute approximate surface area is 119 Å². The molecular weight excluding hydrogens is 263 g/mol. The van der Waals surface area contributed by atoms with Crippen molar-refractivity contribution in [1.29, 1.82) is 0 Å². The highest BCUT2D eigenvalue weighted by atomic mass is 35.5. The molecule has 0 fully saturated rings. The van der Waals surface area contributed by atoms with Crippen LogP contribution >= 0.6 is 11.6 Å². The summed E-state index contributed by atoms with van der Waals surface area (Å²) >= 11 is 5.80. The van der Waals surface area contributed by atoms with E-state index in [-0.39, 0.29) is 0 Å². The molecule has 0 aliphatic carbocycles. The molecule has 1 rings (SSSR count). The van der Waals surface area contributed by atoms with Gasteiger partial charge in [-0.3, -0.25) is 0 Å². The summed E-state index contributed by atoms with van der Waals surface area (Å²) in [6.45, 7) is 13.1. The Morgan fingerprint density at radius 2 is 1.68 bits per heavy atom. The Balaban J connectivity index is 0.00000154. The van der Waals surface area contributed by atoms with Crippen LogP contribution in [0.5, 0.6) is 0 Å². The molecule has 19 heavy (non-hydrogen) atoms. The monoisotopic (exact) mass is 282 g/mol. The van der Waals surface area contributed by atoms with Crippen molar-refractivity contribution in [3.63, 3.8) is 0 Å². The lowest BCUT2D eigenvalue weighted by Crippen LogP contribution is -2.01. The summed E-state index contributed by atoms with van der Waals surface area (Å²) in [5.74, 6) is 0.00442. The minimum Gasteiger partial charge on any atom is -0.238 e. The minimum absolute atomic E-state index is 0.318. The van der Waals surface area contributed by atoms with Gasteiger partial charge in [-0.25, -0.2) is 14.4 Å². The summed E-state index contributed by atoms with van der Waals surface area (Å²) in [5, 5.41) is 0.318. The number of amidine groups is 1. The highest BCUT2D eigenvalue weighted by Gasteiger charge is 2.06. The standard InChI is InChI=1S/C13H14ClFN2.C2H6/c1-8(2)16-13(17-9(3)4)10-5-11(14)7-12(15)6-10;1-2/h5-7H,1H2,2-4H3;1-2H3. The third-order valence-electron chi connectivity index (χ3n) is 1.75. The van der Waals surface area contributed by atoms with Gasteiger partial charge in [0.05, 0.1) is 0 Å². The Bertz CT molecular complexity index is 481. The summed E-state index contributed by atoms with van der Waals surface area (Å²) in [7, 11) is 0. The maximum Gasteiger partial charge on any atom is 0.159 e. The van der Waals surface area contributed by atoms with Crippen LogP contribution in [0.15, 0.2) is 40.5 Å². The molecule has 0 aliphatic rings. The van der Waals surface area contributed by atoms with Crippen LogP contribution in [0.4, 0.5) is 4.39 Å². The topological polar surface area (TPSA) is 24.7 Å². The fourth-order valence-electron chi connectivity index (χ4n) is 1.23. The van der Waals surface area contributed by atoms with Gasteiger partial charge in [0, 0.05) is 22.0 Å². The van der Waals surface area contributed by atoms with E-state index in [2.05, 4.69) is 16.6 Å². The summed E-state index contributed by atoms with van der Waals surface area (Å²) < 4.78 is 13.3. The molecule has 0 saturated heterocycles. The molecule has 1 aromatic carbocycles. The van der Waals surface area contributed by atoms with E-state index < -0.39 is 5.82 Å². The lowest BCUT2D eigenvalue weighted by Gasteiger charge is -2.04. The van der Waals surface area contributed by atoms with Gasteiger partial charge in [-0.15, -0.1) is 0 Å². The number of allylic oxidation sites excluding steroid dienone is 1. The van der Waals surface area contributed by atoms with E-state index in [1.165, 1.54) is 12.1 Å². The predicted molar refractivity (Wildman–Crippen MR) is 82.9 cm³/mol. The zero-order valence-electron chi connectivity index (χ0n) is 12.1. The molecular formula is C15H20ClFN2. The molecule has 0 unspecified atom stereocenters. The van der Waals surface area contributed by atoms with Crippen molar-refractivity contribution in [2.45, 2.75) is 34.6 Å². The summed E-state index contributed by atoms with van der Waals surface area (Å²) in [6.07, 6.45) is 0. The average molecular weight is 283 g/mol. The van der Waals surface area contributed by atoms with Gasteiger partial charge in [0.15, 0.2) is 5.84 Å². The third kappa shape index (κ3) is 6.87. The molecule has 4 heteroatoms. The largest absolute Gasteiger partial charge is 0.238 e. The van der Waals surface area contributed by atoms with Gasteiger partial charge < -0.3 is 0 Å². The van der Waals surface area contributed by atoms with E-state index in [9.17, 15) is 4.39 Å². The normalized spacial score (nSPS) is 10.4. The van der Waals surface area contributed by atoms with E-state index in [0.29, 0.717) is 22.1 Å². The minimum atomic E-state index is -0.411. The second-order valence-electron chi connectivity index (χ2n) is 3.89. The van der Waals surface area contributed by atoms with Crippen molar-refractivity contribution >= 4 is 23.1 Å². The molecule has 1 aromatic rings. The van der Waals surface area contributed by atoms with Crippen LogP contribution in [0.25, 0.3) is 0 Å². The van der Waals surface area contributed by atoms with E-state index in [1.807, 2.05) is 27.7 Å². The Morgan fingerprint density at radius 1 is 1.11 bits per heavy atom. The van der Waals surface area contributed by atoms with Gasteiger partial charge in [-0.05, 0) is 39.0 Å². The Kier molecular flexibility index (Phi) is 7.92. The molecule has 0 saturated carbocycles. The maximum absolute atomic E-state index is 13.3. The maximum atomic E-state index is 13.3. The third-order valence-corrected chi connectivity index (χ3v) is 1.97. The van der Waals surface area contributed by atoms with E-state index in [0.717, 1.165) is 5.71 Å². The fraction of sp³-hybridized carbons (Fsp3) is 0.333. The first-order chi connectivity index (χ1) is 8.88. The number of benzene rings is 1. The molecule has 0 bridgehead atoms.